The highest BCUT2D eigenvalue weighted by Crippen LogP contribution is 2.13. The van der Waals surface area contributed by atoms with Crippen molar-refractivity contribution in [1.29, 1.82) is 0 Å². The van der Waals surface area contributed by atoms with Gasteiger partial charge >= 0.3 is 0 Å². The van der Waals surface area contributed by atoms with Gasteiger partial charge in [-0.25, -0.2) is 0 Å². The molecule has 2 aromatic carbocycles. The molecular weight excluding hydrogens is 240 g/mol. The van der Waals surface area contributed by atoms with Crippen LogP contribution in [0.5, 0.6) is 0 Å². The van der Waals surface area contributed by atoms with Crippen LogP contribution in [0.3, 0.4) is 0 Å². The molecule has 0 saturated heterocycles. The highest BCUT2D eigenvalue weighted by Gasteiger charge is 2.20. The molecule has 0 bridgehead atoms. The van der Waals surface area contributed by atoms with Gasteiger partial charge in [0.15, 0.2) is 0 Å². The van der Waals surface area contributed by atoms with Crippen molar-refractivity contribution in [3.05, 3.63) is 71.8 Å². The van der Waals surface area contributed by atoms with Crippen LogP contribution in [-0.4, -0.2) is 11.8 Å². The van der Waals surface area contributed by atoms with E-state index in [9.17, 15) is 9.59 Å². The quantitative estimate of drug-likeness (QED) is 0.870. The molecule has 2 aromatic rings. The van der Waals surface area contributed by atoms with E-state index in [-0.39, 0.29) is 5.91 Å². The zero-order valence-corrected chi connectivity index (χ0v) is 10.2. The first kappa shape index (κ1) is 12.8. The molecule has 96 valence electrons. The largest absolute Gasteiger partial charge is 0.368 e. The van der Waals surface area contributed by atoms with Gasteiger partial charge in [0.25, 0.3) is 5.91 Å². The molecule has 0 radical (unpaired) electrons. The number of primary amides is 1. The standard InChI is InChI=1S/C15H14N2O2/c16-14(18)13(11-7-3-1-4-8-11)17-15(19)12-9-5-2-6-10-12/h1-10,13H,(H2,16,18)(H,17,19)/t13-/m0/s1. The van der Waals surface area contributed by atoms with Crippen LogP contribution in [0, 0.1) is 0 Å². The van der Waals surface area contributed by atoms with Crippen LogP contribution in [0.2, 0.25) is 0 Å². The molecule has 0 aliphatic rings. The van der Waals surface area contributed by atoms with Gasteiger partial charge in [-0.2, -0.15) is 0 Å². The molecule has 2 rings (SSSR count). The van der Waals surface area contributed by atoms with Gasteiger partial charge in [-0.3, -0.25) is 9.59 Å². The normalized spacial score (nSPS) is 11.6. The van der Waals surface area contributed by atoms with Crippen molar-refractivity contribution >= 4 is 11.8 Å². The number of carbonyl (C=O) groups excluding carboxylic acids is 2. The topological polar surface area (TPSA) is 72.2 Å². The summed E-state index contributed by atoms with van der Waals surface area (Å²) in [7, 11) is 0. The van der Waals surface area contributed by atoms with E-state index in [1.165, 1.54) is 0 Å². The fraction of sp³-hybridized carbons (Fsp3) is 0.0667. The average Bonchev–Trinajstić information content (AvgIpc) is 2.46. The van der Waals surface area contributed by atoms with Gasteiger partial charge in [0.2, 0.25) is 5.91 Å². The maximum atomic E-state index is 12.0. The first-order valence-corrected chi connectivity index (χ1v) is 5.88. The minimum Gasteiger partial charge on any atom is -0.368 e. The molecule has 0 heterocycles. The Bertz CT molecular complexity index is 567. The second-order valence-electron chi connectivity index (χ2n) is 4.09. The highest BCUT2D eigenvalue weighted by molar-refractivity contribution is 5.97. The van der Waals surface area contributed by atoms with Crippen LogP contribution in [0.1, 0.15) is 22.0 Å². The summed E-state index contributed by atoms with van der Waals surface area (Å²) in [6.07, 6.45) is 0. The molecule has 1 atom stereocenters. The number of hydrogen-bond acceptors (Lipinski definition) is 2. The third kappa shape index (κ3) is 3.19. The summed E-state index contributed by atoms with van der Waals surface area (Å²) in [5.41, 5.74) is 6.50. The molecule has 0 fully saturated rings. The Morgan fingerprint density at radius 2 is 1.42 bits per heavy atom. The Morgan fingerprint density at radius 3 is 1.95 bits per heavy atom. The summed E-state index contributed by atoms with van der Waals surface area (Å²) in [6, 6.07) is 16.8. The van der Waals surface area contributed by atoms with Crippen LogP contribution >= 0.6 is 0 Å². The third-order valence-electron chi connectivity index (χ3n) is 2.73. The molecule has 0 aliphatic heterocycles. The predicted molar refractivity (Wildman–Crippen MR) is 72.3 cm³/mol. The van der Waals surface area contributed by atoms with E-state index in [0.717, 1.165) is 0 Å². The molecule has 4 heteroatoms. The van der Waals surface area contributed by atoms with E-state index < -0.39 is 11.9 Å². The van der Waals surface area contributed by atoms with Crippen molar-refractivity contribution in [3.63, 3.8) is 0 Å². The van der Waals surface area contributed by atoms with Crippen LogP contribution in [0.15, 0.2) is 60.7 Å². The maximum Gasteiger partial charge on any atom is 0.252 e. The van der Waals surface area contributed by atoms with E-state index in [1.54, 1.807) is 48.5 Å². The lowest BCUT2D eigenvalue weighted by atomic mass is 10.1. The lowest BCUT2D eigenvalue weighted by Gasteiger charge is -2.15. The third-order valence-corrected chi connectivity index (χ3v) is 2.73. The number of carbonyl (C=O) groups is 2. The number of hydrogen-bond donors (Lipinski definition) is 2. The first-order chi connectivity index (χ1) is 9.18. The minimum absolute atomic E-state index is 0.326. The summed E-state index contributed by atoms with van der Waals surface area (Å²) in [4.78, 5) is 23.5. The molecule has 3 N–H and O–H groups in total. The Balaban J connectivity index is 2.19. The van der Waals surface area contributed by atoms with Crippen LogP contribution in [0.25, 0.3) is 0 Å². The second kappa shape index (κ2) is 5.82. The number of nitrogens with one attached hydrogen (secondary N) is 1. The van der Waals surface area contributed by atoms with Crippen molar-refractivity contribution in [1.82, 2.24) is 5.32 Å². The van der Waals surface area contributed by atoms with Crippen molar-refractivity contribution in [2.45, 2.75) is 6.04 Å². The van der Waals surface area contributed by atoms with Gasteiger partial charge in [-0.1, -0.05) is 48.5 Å². The zero-order chi connectivity index (χ0) is 13.7. The molecule has 2 amide bonds. The summed E-state index contributed by atoms with van der Waals surface area (Å²) in [6.45, 7) is 0. The van der Waals surface area contributed by atoms with Crippen molar-refractivity contribution in [2.75, 3.05) is 0 Å². The molecule has 0 aliphatic carbocycles. The first-order valence-electron chi connectivity index (χ1n) is 5.88. The van der Waals surface area contributed by atoms with E-state index in [0.29, 0.717) is 11.1 Å². The number of rotatable bonds is 4. The fourth-order valence-electron chi connectivity index (χ4n) is 1.77. The van der Waals surface area contributed by atoms with Crippen molar-refractivity contribution in [3.8, 4) is 0 Å². The Labute approximate surface area is 111 Å². The molecular formula is C15H14N2O2. The Kier molecular flexibility index (Phi) is 3.93. The zero-order valence-electron chi connectivity index (χ0n) is 10.2. The second-order valence-corrected chi connectivity index (χ2v) is 4.09. The summed E-state index contributed by atoms with van der Waals surface area (Å²) >= 11 is 0. The van der Waals surface area contributed by atoms with Gasteiger partial charge in [-0.05, 0) is 17.7 Å². The molecule has 0 spiro atoms. The fourth-order valence-corrected chi connectivity index (χ4v) is 1.77. The summed E-state index contributed by atoms with van der Waals surface area (Å²) < 4.78 is 0. The van der Waals surface area contributed by atoms with Crippen molar-refractivity contribution in [2.24, 2.45) is 5.73 Å². The lowest BCUT2D eigenvalue weighted by Crippen LogP contribution is -2.37. The van der Waals surface area contributed by atoms with Gasteiger partial charge in [-0.15, -0.1) is 0 Å². The van der Waals surface area contributed by atoms with Gasteiger partial charge in [0.1, 0.15) is 6.04 Å². The van der Waals surface area contributed by atoms with Crippen LogP contribution in [0.4, 0.5) is 0 Å². The molecule has 0 unspecified atom stereocenters. The number of amides is 2. The Hall–Kier alpha value is -2.62. The average molecular weight is 254 g/mol. The van der Waals surface area contributed by atoms with E-state index in [4.69, 9.17) is 5.73 Å². The van der Waals surface area contributed by atoms with E-state index in [2.05, 4.69) is 5.32 Å². The number of nitrogens with two attached hydrogens (primary N) is 1. The van der Waals surface area contributed by atoms with E-state index in [1.807, 2.05) is 12.1 Å². The summed E-state index contributed by atoms with van der Waals surface area (Å²) in [5, 5.41) is 2.64. The molecule has 19 heavy (non-hydrogen) atoms. The molecule has 0 aromatic heterocycles. The van der Waals surface area contributed by atoms with Crippen LogP contribution in [-0.2, 0) is 4.79 Å². The monoisotopic (exact) mass is 254 g/mol. The predicted octanol–water partition coefficient (Wildman–Crippen LogP) is 1.64. The van der Waals surface area contributed by atoms with Crippen LogP contribution < -0.4 is 11.1 Å². The lowest BCUT2D eigenvalue weighted by molar-refractivity contribution is -0.120. The maximum absolute atomic E-state index is 12.0. The summed E-state index contributed by atoms with van der Waals surface area (Å²) in [5.74, 6) is -0.913. The molecule has 0 saturated carbocycles. The van der Waals surface area contributed by atoms with Gasteiger partial charge in [0.05, 0.1) is 0 Å². The smallest absolute Gasteiger partial charge is 0.252 e. The SMILES string of the molecule is NC(=O)[C@@H](NC(=O)c1ccccc1)c1ccccc1. The van der Waals surface area contributed by atoms with Gasteiger partial charge in [0, 0.05) is 5.56 Å². The highest BCUT2D eigenvalue weighted by atomic mass is 16.2. The number of benzene rings is 2. The molecule has 4 nitrogen and oxygen atoms in total. The minimum atomic E-state index is -0.825. The van der Waals surface area contributed by atoms with Crippen molar-refractivity contribution < 1.29 is 9.59 Å². The van der Waals surface area contributed by atoms with Gasteiger partial charge < -0.3 is 11.1 Å². The van der Waals surface area contributed by atoms with E-state index >= 15 is 0 Å². The Morgan fingerprint density at radius 1 is 0.895 bits per heavy atom.